The van der Waals surface area contributed by atoms with E-state index in [2.05, 4.69) is 0 Å². The lowest BCUT2D eigenvalue weighted by atomic mass is 9.97. The normalized spacial score (nSPS) is 35.7. The first-order valence-corrected chi connectivity index (χ1v) is 12.5. The van der Waals surface area contributed by atoms with Crippen LogP contribution in [-0.4, -0.2) is 107 Å². The van der Waals surface area contributed by atoms with Gasteiger partial charge in [0.15, 0.2) is 12.6 Å². The Morgan fingerprint density at radius 1 is 0.632 bits per heavy atom. The Kier molecular flexibility index (Phi) is 10.6. The molecule has 11 heteroatoms. The lowest BCUT2D eigenvalue weighted by molar-refractivity contribution is -0.358. The van der Waals surface area contributed by atoms with Crippen molar-refractivity contribution in [2.75, 3.05) is 20.3 Å². The highest BCUT2D eigenvalue weighted by atomic mass is 16.7. The molecule has 2 saturated heterocycles. The Balaban J connectivity index is 1.41. The van der Waals surface area contributed by atoms with Crippen molar-refractivity contribution in [3.8, 4) is 0 Å². The SMILES string of the molecule is CO[C@@H]1[C@H](O)[C@@H](O[C@H]2[C@H](O)[C@H](O)[C@@H](O)O[C@@H]2COCc2ccccc2)O[C@H](COCc2ccccc2)[C@H]1O. The van der Waals surface area contributed by atoms with Crippen LogP contribution in [0.25, 0.3) is 0 Å². The second-order valence-electron chi connectivity index (χ2n) is 9.37. The van der Waals surface area contributed by atoms with Crippen LogP contribution in [0.1, 0.15) is 11.1 Å². The molecule has 11 nitrogen and oxygen atoms in total. The average Bonchev–Trinajstić information content (AvgIpc) is 2.93. The summed E-state index contributed by atoms with van der Waals surface area (Å²) in [7, 11) is 1.33. The maximum atomic E-state index is 10.8. The van der Waals surface area contributed by atoms with Crippen LogP contribution >= 0.6 is 0 Å². The van der Waals surface area contributed by atoms with Gasteiger partial charge in [0.05, 0.1) is 26.4 Å². The zero-order valence-electron chi connectivity index (χ0n) is 21.1. The molecule has 2 aromatic rings. The second-order valence-corrected chi connectivity index (χ2v) is 9.37. The molecule has 2 aliphatic heterocycles. The molecule has 2 aliphatic rings. The van der Waals surface area contributed by atoms with Crippen LogP contribution in [0.5, 0.6) is 0 Å². The van der Waals surface area contributed by atoms with Crippen LogP contribution in [0, 0.1) is 0 Å². The van der Waals surface area contributed by atoms with Crippen LogP contribution < -0.4 is 0 Å². The summed E-state index contributed by atoms with van der Waals surface area (Å²) in [4.78, 5) is 0. The summed E-state index contributed by atoms with van der Waals surface area (Å²) in [6.07, 6.45) is -13.2. The number of methoxy groups -OCH3 is 1. The van der Waals surface area contributed by atoms with Crippen molar-refractivity contribution in [1.29, 1.82) is 0 Å². The molecule has 2 aromatic carbocycles. The van der Waals surface area contributed by atoms with Gasteiger partial charge in [0, 0.05) is 7.11 Å². The second kappa shape index (κ2) is 13.9. The van der Waals surface area contributed by atoms with Gasteiger partial charge in [-0.05, 0) is 11.1 Å². The Labute approximate surface area is 221 Å². The fourth-order valence-electron chi connectivity index (χ4n) is 4.54. The molecule has 0 amide bonds. The fourth-order valence-corrected chi connectivity index (χ4v) is 4.54. The van der Waals surface area contributed by atoms with Crippen molar-refractivity contribution < 1.29 is 54.0 Å². The third-order valence-corrected chi connectivity index (χ3v) is 6.65. The summed E-state index contributed by atoms with van der Waals surface area (Å²) in [6, 6.07) is 18.8. The number of benzene rings is 2. The maximum Gasteiger partial charge on any atom is 0.187 e. The summed E-state index contributed by atoms with van der Waals surface area (Å²) in [5, 5.41) is 52.5. The molecule has 210 valence electrons. The van der Waals surface area contributed by atoms with Crippen molar-refractivity contribution >= 4 is 0 Å². The number of hydrogen-bond donors (Lipinski definition) is 5. The van der Waals surface area contributed by atoms with Crippen molar-refractivity contribution in [3.05, 3.63) is 71.8 Å². The van der Waals surface area contributed by atoms with Crippen LogP contribution in [0.3, 0.4) is 0 Å². The van der Waals surface area contributed by atoms with E-state index < -0.39 is 61.4 Å². The molecule has 0 spiro atoms. The van der Waals surface area contributed by atoms with E-state index in [1.165, 1.54) is 7.11 Å². The quantitative estimate of drug-likeness (QED) is 0.257. The minimum Gasteiger partial charge on any atom is -0.387 e. The first-order valence-electron chi connectivity index (χ1n) is 12.5. The Morgan fingerprint density at radius 2 is 1.18 bits per heavy atom. The molecule has 0 aliphatic carbocycles. The van der Waals surface area contributed by atoms with Crippen LogP contribution in [0.4, 0.5) is 0 Å². The smallest absolute Gasteiger partial charge is 0.187 e. The summed E-state index contributed by atoms with van der Waals surface area (Å²) < 4.78 is 34.0. The summed E-state index contributed by atoms with van der Waals surface area (Å²) in [5.74, 6) is 0. The molecule has 0 aromatic heterocycles. The number of ether oxygens (including phenoxy) is 6. The van der Waals surface area contributed by atoms with Gasteiger partial charge in [-0.15, -0.1) is 0 Å². The van der Waals surface area contributed by atoms with Crippen molar-refractivity contribution in [3.63, 3.8) is 0 Å². The number of aliphatic hydroxyl groups excluding tert-OH is 5. The minimum absolute atomic E-state index is 0.0306. The fraction of sp³-hybridized carbons (Fsp3) is 0.556. The zero-order valence-corrected chi connectivity index (χ0v) is 21.1. The van der Waals surface area contributed by atoms with Crippen molar-refractivity contribution in [2.45, 2.75) is 74.6 Å². The molecule has 4 rings (SSSR count). The van der Waals surface area contributed by atoms with Gasteiger partial charge in [0.1, 0.15) is 48.8 Å². The molecule has 2 heterocycles. The van der Waals surface area contributed by atoms with E-state index >= 15 is 0 Å². The van der Waals surface area contributed by atoms with E-state index in [1.807, 2.05) is 60.7 Å². The molecule has 0 saturated carbocycles. The molecule has 5 N–H and O–H groups in total. The van der Waals surface area contributed by atoms with Gasteiger partial charge >= 0.3 is 0 Å². The first kappa shape index (κ1) is 29.0. The van der Waals surface area contributed by atoms with Gasteiger partial charge in [-0.25, -0.2) is 0 Å². The maximum absolute atomic E-state index is 10.8. The lowest BCUT2D eigenvalue weighted by Gasteiger charge is -2.46. The molecular formula is C27H36O11. The van der Waals surface area contributed by atoms with E-state index in [9.17, 15) is 25.5 Å². The zero-order chi connectivity index (χ0) is 27.1. The van der Waals surface area contributed by atoms with E-state index in [-0.39, 0.29) is 26.4 Å². The third-order valence-electron chi connectivity index (χ3n) is 6.65. The molecular weight excluding hydrogens is 500 g/mol. The van der Waals surface area contributed by atoms with E-state index in [4.69, 9.17) is 28.4 Å². The van der Waals surface area contributed by atoms with E-state index in [1.54, 1.807) is 0 Å². The Hall–Kier alpha value is -2.00. The number of hydrogen-bond acceptors (Lipinski definition) is 11. The van der Waals surface area contributed by atoms with Crippen LogP contribution in [-0.2, 0) is 41.6 Å². The van der Waals surface area contributed by atoms with Gasteiger partial charge in [-0.1, -0.05) is 60.7 Å². The summed E-state index contributed by atoms with van der Waals surface area (Å²) >= 11 is 0. The minimum atomic E-state index is -1.67. The van der Waals surface area contributed by atoms with Gasteiger partial charge < -0.3 is 54.0 Å². The lowest BCUT2D eigenvalue weighted by Crippen LogP contribution is -2.64. The highest BCUT2D eigenvalue weighted by Crippen LogP contribution is 2.30. The Morgan fingerprint density at radius 3 is 1.74 bits per heavy atom. The largest absolute Gasteiger partial charge is 0.387 e. The van der Waals surface area contributed by atoms with Crippen LogP contribution in [0.2, 0.25) is 0 Å². The highest BCUT2D eigenvalue weighted by molar-refractivity contribution is 5.14. The standard InChI is InChI=1S/C27H36O11/c1-33-25-20(28)18(14-34-12-16-8-4-2-5-9-16)37-27(23(25)31)38-24-19(36-26(32)22(30)21(24)29)15-35-13-17-10-6-3-7-11-17/h2-11,18-32H,12-15H2,1H3/t18-,19-,20-,21-,22+,23+,24-,25+,26+,27-/m1/s1. The van der Waals surface area contributed by atoms with E-state index in [0.29, 0.717) is 0 Å². The van der Waals surface area contributed by atoms with Gasteiger partial charge in [-0.2, -0.15) is 0 Å². The highest BCUT2D eigenvalue weighted by Gasteiger charge is 2.51. The first-order chi connectivity index (χ1) is 18.4. The van der Waals surface area contributed by atoms with Gasteiger partial charge in [0.25, 0.3) is 0 Å². The van der Waals surface area contributed by atoms with Gasteiger partial charge in [-0.3, -0.25) is 0 Å². The van der Waals surface area contributed by atoms with Crippen molar-refractivity contribution in [1.82, 2.24) is 0 Å². The topological polar surface area (TPSA) is 157 Å². The summed E-state index contributed by atoms with van der Waals surface area (Å²) in [5.41, 5.74) is 1.84. The molecule has 10 atom stereocenters. The molecule has 38 heavy (non-hydrogen) atoms. The molecule has 0 bridgehead atoms. The molecule has 2 fully saturated rings. The number of rotatable bonds is 11. The molecule has 0 unspecified atom stereocenters. The van der Waals surface area contributed by atoms with Crippen molar-refractivity contribution in [2.24, 2.45) is 0 Å². The monoisotopic (exact) mass is 536 g/mol. The summed E-state index contributed by atoms with van der Waals surface area (Å²) in [6.45, 7) is 0.392. The molecule has 0 radical (unpaired) electrons. The third kappa shape index (κ3) is 7.14. The predicted molar refractivity (Wildman–Crippen MR) is 131 cm³/mol. The van der Waals surface area contributed by atoms with E-state index in [0.717, 1.165) is 11.1 Å². The number of aliphatic hydroxyl groups is 5. The van der Waals surface area contributed by atoms with Gasteiger partial charge in [0.2, 0.25) is 0 Å². The average molecular weight is 537 g/mol. The predicted octanol–water partition coefficient (Wildman–Crippen LogP) is -0.294. The Bertz CT molecular complexity index is 949. The van der Waals surface area contributed by atoms with Crippen LogP contribution in [0.15, 0.2) is 60.7 Å².